The first kappa shape index (κ1) is 17.4. The van der Waals surface area contributed by atoms with Gasteiger partial charge in [0.05, 0.1) is 0 Å². The summed E-state index contributed by atoms with van der Waals surface area (Å²) in [7, 11) is 2.13. The summed E-state index contributed by atoms with van der Waals surface area (Å²) < 4.78 is 13.7. The summed E-state index contributed by atoms with van der Waals surface area (Å²) in [6.45, 7) is 7.77. The van der Waals surface area contributed by atoms with Crippen LogP contribution in [0.25, 0.3) is 0 Å². The van der Waals surface area contributed by atoms with Crippen molar-refractivity contribution in [1.82, 2.24) is 4.90 Å². The lowest BCUT2D eigenvalue weighted by Gasteiger charge is -2.34. The first-order chi connectivity index (χ1) is 11.9. The van der Waals surface area contributed by atoms with Crippen LogP contribution < -0.4 is 10.2 Å². The Balaban J connectivity index is 1.72. The normalized spacial score (nSPS) is 15.3. The van der Waals surface area contributed by atoms with Crippen LogP contribution in [-0.2, 0) is 0 Å². The average Bonchev–Trinajstić information content (AvgIpc) is 2.59. The Bertz CT molecular complexity index is 783. The lowest BCUT2D eigenvalue weighted by atomic mass is 10.1. The third-order valence-corrected chi connectivity index (χ3v) is 4.76. The van der Waals surface area contributed by atoms with E-state index in [9.17, 15) is 9.18 Å². The largest absolute Gasteiger partial charge is 0.369 e. The van der Waals surface area contributed by atoms with Crippen molar-refractivity contribution in [3.8, 4) is 0 Å². The number of rotatable bonds is 3. The van der Waals surface area contributed by atoms with Gasteiger partial charge in [-0.3, -0.25) is 4.79 Å². The standard InChI is InChI=1S/C20H24FN3O/c1-14-4-5-16(13-18(14)21)20(25)22-19-7-6-17(12-15(19)2)24-10-8-23(3)9-11-24/h4-7,12-13H,8-11H2,1-3H3,(H,22,25). The van der Waals surface area contributed by atoms with Gasteiger partial charge in [-0.2, -0.15) is 0 Å². The minimum absolute atomic E-state index is 0.297. The van der Waals surface area contributed by atoms with Gasteiger partial charge >= 0.3 is 0 Å². The second-order valence-corrected chi connectivity index (χ2v) is 6.71. The number of benzene rings is 2. The zero-order valence-electron chi connectivity index (χ0n) is 15.0. The number of nitrogens with zero attached hydrogens (tertiary/aromatic N) is 2. The molecule has 2 aromatic rings. The molecule has 0 unspecified atom stereocenters. The Hall–Kier alpha value is -2.40. The molecule has 3 rings (SSSR count). The number of hydrogen-bond donors (Lipinski definition) is 1. The van der Waals surface area contributed by atoms with Gasteiger partial charge in [0.2, 0.25) is 0 Å². The van der Waals surface area contributed by atoms with Gasteiger partial charge in [-0.1, -0.05) is 6.07 Å². The number of likely N-dealkylation sites (N-methyl/N-ethyl adjacent to an activating group) is 1. The molecule has 132 valence electrons. The highest BCUT2D eigenvalue weighted by molar-refractivity contribution is 6.04. The fourth-order valence-electron chi connectivity index (χ4n) is 2.98. The number of aryl methyl sites for hydroxylation is 2. The molecule has 0 radical (unpaired) electrons. The van der Waals surface area contributed by atoms with Gasteiger partial charge in [-0.25, -0.2) is 4.39 Å². The fourth-order valence-corrected chi connectivity index (χ4v) is 2.98. The van der Waals surface area contributed by atoms with Gasteiger partial charge in [0, 0.05) is 43.1 Å². The van der Waals surface area contributed by atoms with Crippen LogP contribution in [0.15, 0.2) is 36.4 Å². The van der Waals surface area contributed by atoms with Crippen LogP contribution in [0.3, 0.4) is 0 Å². The molecule has 1 fully saturated rings. The van der Waals surface area contributed by atoms with E-state index < -0.39 is 0 Å². The predicted molar refractivity (Wildman–Crippen MR) is 100.0 cm³/mol. The Morgan fingerprint density at radius 1 is 1.00 bits per heavy atom. The summed E-state index contributed by atoms with van der Waals surface area (Å²) in [5, 5.41) is 2.88. The monoisotopic (exact) mass is 341 g/mol. The molecule has 1 aliphatic heterocycles. The van der Waals surface area contributed by atoms with Crippen LogP contribution in [0.1, 0.15) is 21.5 Å². The molecular formula is C20H24FN3O. The maximum absolute atomic E-state index is 13.7. The van der Waals surface area contributed by atoms with Crippen molar-refractivity contribution >= 4 is 17.3 Å². The topological polar surface area (TPSA) is 35.6 Å². The summed E-state index contributed by atoms with van der Waals surface area (Å²) in [4.78, 5) is 17.0. The number of piperazine rings is 1. The van der Waals surface area contributed by atoms with E-state index in [-0.39, 0.29) is 11.7 Å². The molecule has 1 amide bonds. The lowest BCUT2D eigenvalue weighted by molar-refractivity contribution is 0.102. The number of carbonyl (C=O) groups is 1. The van der Waals surface area contributed by atoms with Crippen LogP contribution in [0.2, 0.25) is 0 Å². The van der Waals surface area contributed by atoms with Crippen molar-refractivity contribution in [2.45, 2.75) is 13.8 Å². The van der Waals surface area contributed by atoms with Crippen molar-refractivity contribution in [3.05, 3.63) is 58.9 Å². The molecule has 5 heteroatoms. The summed E-state index contributed by atoms with van der Waals surface area (Å²) >= 11 is 0. The first-order valence-corrected chi connectivity index (χ1v) is 8.55. The van der Waals surface area contributed by atoms with E-state index in [2.05, 4.69) is 28.2 Å². The summed E-state index contributed by atoms with van der Waals surface area (Å²) in [5.74, 6) is -0.663. The maximum Gasteiger partial charge on any atom is 0.255 e. The molecule has 1 heterocycles. The Kier molecular flexibility index (Phi) is 5.04. The third kappa shape index (κ3) is 3.99. The third-order valence-electron chi connectivity index (χ3n) is 4.76. The van der Waals surface area contributed by atoms with Gasteiger partial charge < -0.3 is 15.1 Å². The maximum atomic E-state index is 13.7. The van der Waals surface area contributed by atoms with E-state index in [1.54, 1.807) is 19.1 Å². The highest BCUT2D eigenvalue weighted by Crippen LogP contribution is 2.24. The van der Waals surface area contributed by atoms with Crippen LogP contribution in [-0.4, -0.2) is 44.0 Å². The van der Waals surface area contributed by atoms with E-state index in [0.717, 1.165) is 37.4 Å². The minimum atomic E-state index is -0.366. The second kappa shape index (κ2) is 7.23. The SMILES string of the molecule is Cc1ccc(C(=O)Nc2ccc(N3CCN(C)CC3)cc2C)cc1F. The summed E-state index contributed by atoms with van der Waals surface area (Å²) in [5.41, 5.74) is 3.78. The van der Waals surface area contributed by atoms with Crippen LogP contribution in [0.4, 0.5) is 15.8 Å². The second-order valence-electron chi connectivity index (χ2n) is 6.71. The highest BCUT2D eigenvalue weighted by Gasteiger charge is 2.15. The molecule has 1 aliphatic rings. The van der Waals surface area contributed by atoms with E-state index in [0.29, 0.717) is 11.1 Å². The summed E-state index contributed by atoms with van der Waals surface area (Å²) in [6, 6.07) is 10.6. The van der Waals surface area contributed by atoms with Gasteiger partial charge in [-0.05, 0) is 62.4 Å². The Morgan fingerprint density at radius 2 is 1.72 bits per heavy atom. The lowest BCUT2D eigenvalue weighted by Crippen LogP contribution is -2.44. The van der Waals surface area contributed by atoms with Crippen molar-refractivity contribution in [2.75, 3.05) is 43.4 Å². The molecule has 4 nitrogen and oxygen atoms in total. The molecule has 0 aliphatic carbocycles. The number of carbonyl (C=O) groups excluding carboxylic acids is 1. The smallest absolute Gasteiger partial charge is 0.255 e. The molecule has 0 aromatic heterocycles. The first-order valence-electron chi connectivity index (χ1n) is 8.55. The number of nitrogens with one attached hydrogen (secondary N) is 1. The van der Waals surface area contributed by atoms with Crippen molar-refractivity contribution in [3.63, 3.8) is 0 Å². The Labute approximate surface area is 148 Å². The van der Waals surface area contributed by atoms with E-state index in [1.165, 1.54) is 11.8 Å². The van der Waals surface area contributed by atoms with Crippen LogP contribution in [0, 0.1) is 19.7 Å². The van der Waals surface area contributed by atoms with E-state index in [4.69, 9.17) is 0 Å². The highest BCUT2D eigenvalue weighted by atomic mass is 19.1. The van der Waals surface area contributed by atoms with Crippen LogP contribution in [0.5, 0.6) is 0 Å². The van der Waals surface area contributed by atoms with Gasteiger partial charge in [0.15, 0.2) is 0 Å². The molecule has 0 spiro atoms. The van der Waals surface area contributed by atoms with Crippen molar-refractivity contribution < 1.29 is 9.18 Å². The molecular weight excluding hydrogens is 317 g/mol. The summed E-state index contributed by atoms with van der Waals surface area (Å²) in [6.07, 6.45) is 0. The van der Waals surface area contributed by atoms with E-state index in [1.807, 2.05) is 19.1 Å². The molecule has 2 aromatic carbocycles. The van der Waals surface area contributed by atoms with Crippen LogP contribution >= 0.6 is 0 Å². The van der Waals surface area contributed by atoms with Crippen molar-refractivity contribution in [2.24, 2.45) is 0 Å². The fraction of sp³-hybridized carbons (Fsp3) is 0.350. The minimum Gasteiger partial charge on any atom is -0.369 e. The molecule has 0 atom stereocenters. The van der Waals surface area contributed by atoms with E-state index >= 15 is 0 Å². The van der Waals surface area contributed by atoms with Gasteiger partial charge in [-0.15, -0.1) is 0 Å². The van der Waals surface area contributed by atoms with Crippen molar-refractivity contribution in [1.29, 1.82) is 0 Å². The predicted octanol–water partition coefficient (Wildman–Crippen LogP) is 3.45. The van der Waals surface area contributed by atoms with Gasteiger partial charge in [0.1, 0.15) is 5.82 Å². The number of halogens is 1. The zero-order valence-corrected chi connectivity index (χ0v) is 15.0. The molecule has 1 N–H and O–H groups in total. The Morgan fingerprint density at radius 3 is 2.36 bits per heavy atom. The molecule has 1 saturated heterocycles. The quantitative estimate of drug-likeness (QED) is 0.929. The molecule has 0 saturated carbocycles. The zero-order chi connectivity index (χ0) is 18.0. The van der Waals surface area contributed by atoms with Gasteiger partial charge in [0.25, 0.3) is 5.91 Å². The number of hydrogen-bond acceptors (Lipinski definition) is 3. The average molecular weight is 341 g/mol. The molecule has 0 bridgehead atoms. The number of amides is 1. The number of anilines is 2. The molecule has 25 heavy (non-hydrogen) atoms.